The number of benzene rings is 1. The molecular weight excluding hydrogens is 355 g/mol. The van der Waals surface area contributed by atoms with Crippen molar-refractivity contribution in [3.05, 3.63) is 53.5 Å². The molecule has 0 aliphatic rings. The summed E-state index contributed by atoms with van der Waals surface area (Å²) in [5.74, 6) is 0.440. The first-order chi connectivity index (χ1) is 12.6. The highest BCUT2D eigenvalue weighted by Gasteiger charge is 2.16. The lowest BCUT2D eigenvalue weighted by Crippen LogP contribution is -2.33. The molecule has 3 rings (SSSR count). The zero-order valence-corrected chi connectivity index (χ0v) is 15.1. The van der Waals surface area contributed by atoms with E-state index in [1.165, 1.54) is 35.6 Å². The Morgan fingerprint density at radius 1 is 1.27 bits per heavy atom. The first kappa shape index (κ1) is 18.2. The van der Waals surface area contributed by atoms with Crippen LogP contribution in [0, 0.1) is 5.82 Å². The minimum Gasteiger partial charge on any atom is -0.419 e. The second-order valence-corrected chi connectivity index (χ2v) is 6.69. The maximum Gasteiger partial charge on any atom is 0.257 e. The fourth-order valence-corrected chi connectivity index (χ4v) is 3.12. The standard InChI is InChI=1S/C18H19FN4O2S/c1-2-9-23(11-16(24)20-14-7-5-13(19)6-8-14)12-17-21-22-18(25-17)15-4-3-10-26-15/h3-8,10H,2,9,11-12H2,1H3,(H,20,24). The van der Waals surface area contributed by atoms with E-state index < -0.39 is 0 Å². The summed E-state index contributed by atoms with van der Waals surface area (Å²) in [6.07, 6.45) is 0.885. The van der Waals surface area contributed by atoms with Crippen molar-refractivity contribution in [2.45, 2.75) is 19.9 Å². The van der Waals surface area contributed by atoms with Crippen molar-refractivity contribution in [1.82, 2.24) is 15.1 Å². The van der Waals surface area contributed by atoms with Gasteiger partial charge in [-0.3, -0.25) is 9.69 Å². The Bertz CT molecular complexity index is 833. The van der Waals surface area contributed by atoms with Crippen molar-refractivity contribution >= 4 is 22.9 Å². The number of carbonyl (C=O) groups is 1. The van der Waals surface area contributed by atoms with Crippen LogP contribution in [0.3, 0.4) is 0 Å². The molecule has 136 valence electrons. The second kappa shape index (κ2) is 8.68. The first-order valence-electron chi connectivity index (χ1n) is 8.28. The minimum absolute atomic E-state index is 0.178. The summed E-state index contributed by atoms with van der Waals surface area (Å²) in [7, 11) is 0. The predicted octanol–water partition coefficient (Wildman–Crippen LogP) is 3.79. The Morgan fingerprint density at radius 3 is 2.77 bits per heavy atom. The Kier molecular flexibility index (Phi) is 6.08. The maximum atomic E-state index is 12.9. The molecular formula is C18H19FN4O2S. The van der Waals surface area contributed by atoms with Gasteiger partial charge in [-0.25, -0.2) is 4.39 Å². The number of aromatic nitrogens is 2. The van der Waals surface area contributed by atoms with Crippen LogP contribution in [0.25, 0.3) is 10.8 Å². The molecule has 0 saturated heterocycles. The van der Waals surface area contributed by atoms with Gasteiger partial charge in [-0.15, -0.1) is 21.5 Å². The Morgan fingerprint density at radius 2 is 2.08 bits per heavy atom. The van der Waals surface area contributed by atoms with Crippen LogP contribution >= 0.6 is 11.3 Å². The van der Waals surface area contributed by atoms with Crippen LogP contribution < -0.4 is 5.32 Å². The van der Waals surface area contributed by atoms with Crippen LogP contribution in [0.5, 0.6) is 0 Å². The number of hydrogen-bond acceptors (Lipinski definition) is 6. The maximum absolute atomic E-state index is 12.9. The highest BCUT2D eigenvalue weighted by molar-refractivity contribution is 7.13. The van der Waals surface area contributed by atoms with Gasteiger partial charge in [-0.05, 0) is 48.7 Å². The Balaban J connectivity index is 1.59. The third kappa shape index (κ3) is 4.96. The molecule has 8 heteroatoms. The van der Waals surface area contributed by atoms with E-state index in [0.717, 1.165) is 11.3 Å². The van der Waals surface area contributed by atoms with Gasteiger partial charge in [0.1, 0.15) is 5.82 Å². The monoisotopic (exact) mass is 374 g/mol. The smallest absolute Gasteiger partial charge is 0.257 e. The van der Waals surface area contributed by atoms with Crippen LogP contribution in [0.4, 0.5) is 10.1 Å². The lowest BCUT2D eigenvalue weighted by atomic mass is 10.3. The van der Waals surface area contributed by atoms with Gasteiger partial charge in [-0.1, -0.05) is 13.0 Å². The number of nitrogens with one attached hydrogen (secondary N) is 1. The molecule has 0 saturated carbocycles. The fraction of sp³-hybridized carbons (Fsp3) is 0.278. The number of rotatable bonds is 8. The van der Waals surface area contributed by atoms with Gasteiger partial charge in [0.05, 0.1) is 18.0 Å². The van der Waals surface area contributed by atoms with Gasteiger partial charge < -0.3 is 9.73 Å². The lowest BCUT2D eigenvalue weighted by Gasteiger charge is -2.19. The first-order valence-corrected chi connectivity index (χ1v) is 9.16. The topological polar surface area (TPSA) is 71.3 Å². The van der Waals surface area contributed by atoms with Gasteiger partial charge in [0.2, 0.25) is 11.8 Å². The van der Waals surface area contributed by atoms with E-state index in [1.54, 1.807) is 0 Å². The van der Waals surface area contributed by atoms with Gasteiger partial charge in [-0.2, -0.15) is 0 Å². The van der Waals surface area contributed by atoms with E-state index in [2.05, 4.69) is 15.5 Å². The van der Waals surface area contributed by atoms with Crippen LogP contribution in [0.1, 0.15) is 19.2 Å². The number of thiophene rings is 1. The summed E-state index contributed by atoms with van der Waals surface area (Å²) in [6.45, 7) is 3.33. The third-order valence-corrected chi connectivity index (χ3v) is 4.45. The zero-order chi connectivity index (χ0) is 18.4. The molecule has 1 N–H and O–H groups in total. The summed E-state index contributed by atoms with van der Waals surface area (Å²) >= 11 is 1.53. The molecule has 1 aromatic carbocycles. The average molecular weight is 374 g/mol. The molecule has 1 amide bonds. The van der Waals surface area contributed by atoms with Crippen molar-refractivity contribution in [1.29, 1.82) is 0 Å². The molecule has 0 unspecified atom stereocenters. The molecule has 0 radical (unpaired) electrons. The molecule has 0 fully saturated rings. The predicted molar refractivity (Wildman–Crippen MR) is 98.2 cm³/mol. The summed E-state index contributed by atoms with van der Waals surface area (Å²) in [5, 5.41) is 12.8. The minimum atomic E-state index is -0.339. The van der Waals surface area contributed by atoms with E-state index >= 15 is 0 Å². The molecule has 26 heavy (non-hydrogen) atoms. The van der Waals surface area contributed by atoms with E-state index in [1.807, 2.05) is 29.3 Å². The second-order valence-electron chi connectivity index (χ2n) is 5.74. The average Bonchev–Trinajstić information content (AvgIpc) is 3.28. The number of nitrogens with zero attached hydrogens (tertiary/aromatic N) is 3. The Hall–Kier alpha value is -2.58. The van der Waals surface area contributed by atoms with Crippen LogP contribution in [0.15, 0.2) is 46.2 Å². The van der Waals surface area contributed by atoms with Crippen LogP contribution in [-0.2, 0) is 11.3 Å². The Labute approximate surface area is 154 Å². The lowest BCUT2D eigenvalue weighted by molar-refractivity contribution is -0.117. The largest absolute Gasteiger partial charge is 0.419 e. The summed E-state index contributed by atoms with van der Waals surface area (Å²) in [4.78, 5) is 15.1. The van der Waals surface area contributed by atoms with Gasteiger partial charge in [0.25, 0.3) is 5.89 Å². The number of carbonyl (C=O) groups excluding carboxylic acids is 1. The van der Waals surface area contributed by atoms with Crippen molar-refractivity contribution in [3.63, 3.8) is 0 Å². The normalized spacial score (nSPS) is 11.0. The molecule has 0 atom stereocenters. The van der Waals surface area contributed by atoms with Crippen LogP contribution in [-0.4, -0.2) is 34.1 Å². The van der Waals surface area contributed by atoms with Crippen LogP contribution in [0.2, 0.25) is 0 Å². The summed E-state index contributed by atoms with van der Waals surface area (Å²) < 4.78 is 18.6. The quantitative estimate of drug-likeness (QED) is 0.650. The SMILES string of the molecule is CCCN(CC(=O)Nc1ccc(F)cc1)Cc1nnc(-c2cccs2)o1. The van der Waals surface area contributed by atoms with Gasteiger partial charge >= 0.3 is 0 Å². The van der Waals surface area contributed by atoms with E-state index in [0.29, 0.717) is 30.6 Å². The van der Waals surface area contributed by atoms with Gasteiger partial charge in [0.15, 0.2) is 0 Å². The zero-order valence-electron chi connectivity index (χ0n) is 14.3. The molecule has 2 heterocycles. The van der Waals surface area contributed by atoms with E-state index in [-0.39, 0.29) is 18.3 Å². The molecule has 0 aliphatic heterocycles. The van der Waals surface area contributed by atoms with Gasteiger partial charge in [0, 0.05) is 5.69 Å². The van der Waals surface area contributed by atoms with Crippen molar-refractivity contribution in [3.8, 4) is 10.8 Å². The van der Waals surface area contributed by atoms with Crippen molar-refractivity contribution in [2.75, 3.05) is 18.4 Å². The van der Waals surface area contributed by atoms with Crippen molar-refractivity contribution < 1.29 is 13.6 Å². The molecule has 0 spiro atoms. The molecule has 3 aromatic rings. The van der Waals surface area contributed by atoms with E-state index in [4.69, 9.17) is 4.42 Å². The number of halogens is 1. The molecule has 0 aliphatic carbocycles. The summed E-state index contributed by atoms with van der Waals surface area (Å²) in [5.41, 5.74) is 0.561. The highest BCUT2D eigenvalue weighted by Crippen LogP contribution is 2.23. The van der Waals surface area contributed by atoms with Crippen molar-refractivity contribution in [2.24, 2.45) is 0 Å². The number of anilines is 1. The highest BCUT2D eigenvalue weighted by atomic mass is 32.1. The number of hydrogen-bond donors (Lipinski definition) is 1. The third-order valence-electron chi connectivity index (χ3n) is 3.59. The molecule has 0 bridgehead atoms. The fourth-order valence-electron chi connectivity index (χ4n) is 2.48. The number of amides is 1. The molecule has 6 nitrogen and oxygen atoms in total. The summed E-state index contributed by atoms with van der Waals surface area (Å²) in [6, 6.07) is 9.52. The molecule has 2 aromatic heterocycles. The van der Waals surface area contributed by atoms with E-state index in [9.17, 15) is 9.18 Å².